The van der Waals surface area contributed by atoms with E-state index in [2.05, 4.69) is 36.9 Å². The van der Waals surface area contributed by atoms with Gasteiger partial charge in [-0.15, -0.1) is 0 Å². The fourth-order valence-electron chi connectivity index (χ4n) is 4.59. The maximum Gasteiger partial charge on any atom is 0.274 e. The first kappa shape index (κ1) is 23.9. The molecule has 1 aromatic heterocycles. The number of oxazole rings is 1. The van der Waals surface area contributed by atoms with E-state index in [9.17, 15) is 8.42 Å². The molecule has 0 amide bonds. The fraction of sp³-hybridized carbons (Fsp3) is 0.458. The van der Waals surface area contributed by atoms with E-state index in [0.717, 1.165) is 31.7 Å². The molecule has 7 nitrogen and oxygen atoms in total. The minimum Gasteiger partial charge on any atom is -0.429 e. The summed E-state index contributed by atoms with van der Waals surface area (Å²) in [6.45, 7) is 13.4. The van der Waals surface area contributed by atoms with Crippen LogP contribution in [0.15, 0.2) is 45.7 Å². The maximum absolute atomic E-state index is 13.0. The molecule has 0 saturated carbocycles. The van der Waals surface area contributed by atoms with E-state index in [1.807, 2.05) is 18.4 Å². The number of aromatic nitrogens is 1. The fourth-order valence-corrected chi connectivity index (χ4v) is 6.32. The Hall–Kier alpha value is -2.20. The molecule has 0 bridgehead atoms. The van der Waals surface area contributed by atoms with E-state index in [1.54, 1.807) is 18.2 Å². The molecular weight excluding hydrogens is 456 g/mol. The van der Waals surface area contributed by atoms with Gasteiger partial charge < -0.3 is 14.2 Å². The summed E-state index contributed by atoms with van der Waals surface area (Å²) in [5.41, 5.74) is 5.31. The van der Waals surface area contributed by atoms with Crippen molar-refractivity contribution in [1.29, 1.82) is 0 Å². The van der Waals surface area contributed by atoms with Gasteiger partial charge in [0.1, 0.15) is 0 Å². The van der Waals surface area contributed by atoms with Gasteiger partial charge in [0.15, 0.2) is 12.3 Å². The zero-order chi connectivity index (χ0) is 23.8. The van der Waals surface area contributed by atoms with Crippen molar-refractivity contribution in [3.05, 3.63) is 52.4 Å². The van der Waals surface area contributed by atoms with E-state index in [4.69, 9.17) is 16.6 Å². The first-order chi connectivity index (χ1) is 15.8. The topological polar surface area (TPSA) is 63.1 Å². The molecule has 1 aliphatic rings. The van der Waals surface area contributed by atoms with Gasteiger partial charge >= 0.3 is 0 Å². The second-order valence-corrected chi connectivity index (χ2v) is 10.9. The minimum atomic E-state index is -3.55. The zero-order valence-corrected chi connectivity index (χ0v) is 21.4. The number of nitrogens with one attached hydrogen (secondary N) is 1. The van der Waals surface area contributed by atoms with E-state index < -0.39 is 10.0 Å². The lowest BCUT2D eigenvalue weighted by molar-refractivity contribution is -0.923. The maximum atomic E-state index is 13.0. The van der Waals surface area contributed by atoms with E-state index in [-0.39, 0.29) is 4.90 Å². The lowest BCUT2D eigenvalue weighted by Crippen LogP contribution is -3.14. The van der Waals surface area contributed by atoms with Crippen molar-refractivity contribution in [1.82, 2.24) is 8.87 Å². The van der Waals surface area contributed by atoms with Crippen LogP contribution in [0, 0.1) is 18.7 Å². The summed E-state index contributed by atoms with van der Waals surface area (Å²) in [4.78, 5) is 4.50. The molecule has 178 valence electrons. The molecule has 0 atom stereocenters. The number of sulfonamides is 1. The Kier molecular flexibility index (Phi) is 6.95. The smallest absolute Gasteiger partial charge is 0.274 e. The second kappa shape index (κ2) is 9.58. The third kappa shape index (κ3) is 4.59. The van der Waals surface area contributed by atoms with E-state index >= 15 is 0 Å². The van der Waals surface area contributed by atoms with Gasteiger partial charge in [-0.3, -0.25) is 4.57 Å². The van der Waals surface area contributed by atoms with Gasteiger partial charge in [0.05, 0.1) is 36.6 Å². The number of rotatable bonds is 7. The quantitative estimate of drug-likeness (QED) is 0.517. The Bertz CT molecular complexity index is 1300. The van der Waals surface area contributed by atoms with Crippen LogP contribution in [0.2, 0.25) is 0 Å². The number of hydrogen-bond donors (Lipinski definition) is 1. The van der Waals surface area contributed by atoms with E-state index in [1.165, 1.54) is 26.0 Å². The number of aryl methyl sites for hydroxylation is 1. The van der Waals surface area contributed by atoms with Crippen molar-refractivity contribution >= 4 is 39.0 Å². The largest absolute Gasteiger partial charge is 0.429 e. The van der Waals surface area contributed by atoms with Crippen molar-refractivity contribution in [2.45, 2.75) is 39.3 Å². The molecule has 0 aliphatic carbocycles. The monoisotopic (exact) mass is 489 g/mol. The third-order valence-electron chi connectivity index (χ3n) is 6.75. The first-order valence-corrected chi connectivity index (χ1v) is 13.4. The van der Waals surface area contributed by atoms with Gasteiger partial charge in [-0.25, -0.2) is 8.42 Å². The molecule has 3 aromatic rings. The third-order valence-corrected chi connectivity index (χ3v) is 9.10. The number of anilines is 1. The van der Waals surface area contributed by atoms with Crippen molar-refractivity contribution < 1.29 is 17.7 Å². The Morgan fingerprint density at radius 3 is 2.45 bits per heavy atom. The Morgan fingerprint density at radius 1 is 1.09 bits per heavy atom. The summed E-state index contributed by atoms with van der Waals surface area (Å²) < 4.78 is 35.2. The standard InChI is InChI=1S/C24H32N4O3S2/c1-5-27(6-2)33(29,30)20-10-11-23-22(16-20)28(24(32)31-23)17-25-12-14-26(15-13-25)21-9-7-8-18(3)19(21)4/h7-11,16H,5-6,12-15,17H2,1-4H3/p+1. The molecule has 2 aromatic carbocycles. The zero-order valence-electron chi connectivity index (χ0n) is 19.8. The van der Waals surface area contributed by atoms with Crippen LogP contribution in [0.25, 0.3) is 11.1 Å². The van der Waals surface area contributed by atoms with Crippen LogP contribution in [0.5, 0.6) is 0 Å². The van der Waals surface area contributed by atoms with Gasteiger partial charge in [0, 0.05) is 18.8 Å². The number of fused-ring (bicyclic) bond motifs is 1. The average Bonchev–Trinajstić information content (AvgIpc) is 3.11. The first-order valence-electron chi connectivity index (χ1n) is 11.5. The highest BCUT2D eigenvalue weighted by atomic mass is 32.2. The predicted octanol–water partition coefficient (Wildman–Crippen LogP) is 2.97. The highest BCUT2D eigenvalue weighted by molar-refractivity contribution is 7.89. The summed E-state index contributed by atoms with van der Waals surface area (Å²) in [5, 5.41) is 0. The minimum absolute atomic E-state index is 0.276. The molecule has 1 saturated heterocycles. The molecule has 0 spiro atoms. The van der Waals surface area contributed by atoms with Crippen LogP contribution in [-0.2, 0) is 16.7 Å². The number of piperazine rings is 1. The Labute approximate surface area is 201 Å². The molecule has 33 heavy (non-hydrogen) atoms. The molecule has 1 fully saturated rings. The van der Waals surface area contributed by atoms with Crippen molar-refractivity contribution in [3.63, 3.8) is 0 Å². The average molecular weight is 490 g/mol. The SMILES string of the molecule is CCN(CC)S(=O)(=O)c1ccc2oc(=S)n(C[NH+]3CCN(c4cccc(C)c4C)CC3)c2c1. The molecular formula is C24H33N4O3S2+. The van der Waals surface area contributed by atoms with Crippen molar-refractivity contribution in [2.75, 3.05) is 44.2 Å². The lowest BCUT2D eigenvalue weighted by atomic mass is 10.1. The Morgan fingerprint density at radius 2 is 1.79 bits per heavy atom. The van der Waals surface area contributed by atoms with Crippen molar-refractivity contribution in [3.8, 4) is 0 Å². The van der Waals surface area contributed by atoms with Crippen LogP contribution in [0.4, 0.5) is 5.69 Å². The van der Waals surface area contributed by atoms with Gasteiger partial charge in [0.25, 0.3) is 4.84 Å². The number of nitrogens with zero attached hydrogens (tertiary/aromatic N) is 3. The molecule has 0 unspecified atom stereocenters. The predicted molar refractivity (Wildman–Crippen MR) is 134 cm³/mol. The van der Waals surface area contributed by atoms with Gasteiger partial charge in [-0.2, -0.15) is 4.31 Å². The van der Waals surface area contributed by atoms with Crippen LogP contribution < -0.4 is 9.80 Å². The number of hydrogen-bond acceptors (Lipinski definition) is 5. The van der Waals surface area contributed by atoms with Crippen molar-refractivity contribution in [2.24, 2.45) is 0 Å². The Balaban J connectivity index is 1.55. The molecule has 4 rings (SSSR count). The summed E-state index contributed by atoms with van der Waals surface area (Å²) in [6, 6.07) is 11.5. The number of benzene rings is 2. The van der Waals surface area contributed by atoms with Crippen LogP contribution in [0.3, 0.4) is 0 Å². The lowest BCUT2D eigenvalue weighted by Gasteiger charge is -2.34. The summed E-state index contributed by atoms with van der Waals surface area (Å²) >= 11 is 5.50. The summed E-state index contributed by atoms with van der Waals surface area (Å²) in [6.07, 6.45) is 0. The normalized spacial score (nSPS) is 15.6. The number of quaternary nitrogens is 1. The summed E-state index contributed by atoms with van der Waals surface area (Å²) in [5.74, 6) is 0. The molecule has 9 heteroatoms. The summed E-state index contributed by atoms with van der Waals surface area (Å²) in [7, 11) is -3.55. The molecule has 2 heterocycles. The van der Waals surface area contributed by atoms with Crippen LogP contribution in [-0.4, -0.2) is 56.6 Å². The molecule has 1 N–H and O–H groups in total. The second-order valence-electron chi connectivity index (χ2n) is 8.63. The van der Waals surface area contributed by atoms with Gasteiger partial charge in [-0.05, 0) is 61.5 Å². The molecule has 1 aliphatic heterocycles. The highest BCUT2D eigenvalue weighted by Gasteiger charge is 2.25. The van der Waals surface area contributed by atoms with Gasteiger partial charge in [0.2, 0.25) is 10.0 Å². The van der Waals surface area contributed by atoms with Crippen LogP contribution >= 0.6 is 12.2 Å². The van der Waals surface area contributed by atoms with Crippen LogP contribution in [0.1, 0.15) is 25.0 Å². The molecule has 0 radical (unpaired) electrons. The highest BCUT2D eigenvalue weighted by Crippen LogP contribution is 2.24. The van der Waals surface area contributed by atoms with Gasteiger partial charge in [-0.1, -0.05) is 26.0 Å². The van der Waals surface area contributed by atoms with E-state index in [0.29, 0.717) is 30.2 Å².